The number of methoxy groups -OCH3 is 3. The summed E-state index contributed by atoms with van der Waals surface area (Å²) in [6.45, 7) is 0. The molecule has 0 saturated carbocycles. The topological polar surface area (TPSA) is 66.6 Å². The highest BCUT2D eigenvalue weighted by Gasteiger charge is 2.13. The van der Waals surface area contributed by atoms with Crippen molar-refractivity contribution in [1.29, 1.82) is 0 Å². The third kappa shape index (κ3) is 2.35. The van der Waals surface area contributed by atoms with Crippen LogP contribution in [0.4, 0.5) is 0 Å². The second-order valence-corrected chi connectivity index (χ2v) is 4.29. The van der Waals surface area contributed by atoms with Gasteiger partial charge in [-0.3, -0.25) is 0 Å². The third-order valence-electron chi connectivity index (χ3n) is 3.10. The third-order valence-corrected chi connectivity index (χ3v) is 3.10. The van der Waals surface area contributed by atoms with E-state index in [0.29, 0.717) is 23.4 Å². The molecule has 2 aromatic heterocycles. The predicted octanol–water partition coefficient (Wildman–Crippen LogP) is 2.92. The molecule has 0 bridgehead atoms. The lowest BCUT2D eigenvalue weighted by molar-refractivity contribution is 0.308. The van der Waals surface area contributed by atoms with Crippen molar-refractivity contribution < 1.29 is 18.6 Å². The van der Waals surface area contributed by atoms with Gasteiger partial charge in [0.05, 0.1) is 21.3 Å². The van der Waals surface area contributed by atoms with Crippen LogP contribution in [0.1, 0.15) is 0 Å². The molecule has 6 nitrogen and oxygen atoms in total. The number of nitrogens with zero attached hydrogens (tertiary/aromatic N) is 2. The van der Waals surface area contributed by atoms with Crippen LogP contribution < -0.4 is 14.2 Å². The highest BCUT2D eigenvalue weighted by Crippen LogP contribution is 2.32. The summed E-state index contributed by atoms with van der Waals surface area (Å²) in [6, 6.07) is 7.54. The van der Waals surface area contributed by atoms with Crippen LogP contribution in [0.15, 0.2) is 34.9 Å². The molecule has 0 radical (unpaired) electrons. The average Bonchev–Trinajstić information content (AvgIpc) is 3.02. The quantitative estimate of drug-likeness (QED) is 0.734. The van der Waals surface area contributed by atoms with Crippen molar-refractivity contribution >= 4 is 10.8 Å². The molecular weight excluding hydrogens is 272 g/mol. The van der Waals surface area contributed by atoms with E-state index < -0.39 is 0 Å². The zero-order valence-electron chi connectivity index (χ0n) is 11.9. The predicted molar refractivity (Wildman–Crippen MR) is 76.9 cm³/mol. The van der Waals surface area contributed by atoms with E-state index in [1.807, 2.05) is 24.3 Å². The number of ether oxygens (including phenoxy) is 3. The molecule has 1 aromatic carbocycles. The first kappa shape index (κ1) is 13.2. The first-order valence-corrected chi connectivity index (χ1v) is 6.28. The van der Waals surface area contributed by atoms with E-state index in [1.165, 1.54) is 13.3 Å². The molecule has 0 aliphatic heterocycles. The van der Waals surface area contributed by atoms with Crippen LogP contribution in [-0.2, 0) is 0 Å². The van der Waals surface area contributed by atoms with Crippen molar-refractivity contribution in [2.45, 2.75) is 0 Å². The van der Waals surface area contributed by atoms with Crippen LogP contribution in [0.3, 0.4) is 0 Å². The second kappa shape index (κ2) is 5.32. The molecule has 0 unspecified atom stereocenters. The molecule has 3 rings (SSSR count). The van der Waals surface area contributed by atoms with Gasteiger partial charge in [0.15, 0.2) is 0 Å². The van der Waals surface area contributed by atoms with Gasteiger partial charge >= 0.3 is 5.95 Å². The Morgan fingerprint density at radius 3 is 2.52 bits per heavy atom. The Balaban J connectivity index is 2.18. The first-order chi connectivity index (χ1) is 10.2. The molecule has 3 aromatic rings. The zero-order valence-corrected chi connectivity index (χ0v) is 11.9. The number of pyridine rings is 1. The van der Waals surface area contributed by atoms with Crippen LogP contribution in [0, 0.1) is 0 Å². The van der Waals surface area contributed by atoms with Crippen LogP contribution in [0.5, 0.6) is 17.6 Å². The summed E-state index contributed by atoms with van der Waals surface area (Å²) in [7, 11) is 4.72. The van der Waals surface area contributed by atoms with Gasteiger partial charge in [0, 0.05) is 5.39 Å². The van der Waals surface area contributed by atoms with Crippen molar-refractivity contribution in [3.8, 4) is 29.2 Å². The molecule has 108 valence electrons. The smallest absolute Gasteiger partial charge is 0.305 e. The summed E-state index contributed by atoms with van der Waals surface area (Å²) in [6.07, 6.45) is 1.50. The highest BCUT2D eigenvalue weighted by molar-refractivity contribution is 5.90. The van der Waals surface area contributed by atoms with E-state index >= 15 is 0 Å². The van der Waals surface area contributed by atoms with Crippen molar-refractivity contribution in [2.24, 2.45) is 0 Å². The van der Waals surface area contributed by atoms with Gasteiger partial charge in [-0.05, 0) is 29.7 Å². The number of oxazole rings is 1. The molecule has 0 saturated heterocycles. The lowest BCUT2D eigenvalue weighted by Crippen LogP contribution is -1.93. The van der Waals surface area contributed by atoms with Crippen LogP contribution >= 0.6 is 0 Å². The van der Waals surface area contributed by atoms with E-state index in [1.54, 1.807) is 14.2 Å². The summed E-state index contributed by atoms with van der Waals surface area (Å²) < 4.78 is 21.0. The largest absolute Gasteiger partial charge is 0.497 e. The molecule has 0 atom stereocenters. The Labute approximate surface area is 121 Å². The highest BCUT2D eigenvalue weighted by atomic mass is 16.6. The molecule has 2 heterocycles. The van der Waals surface area contributed by atoms with Crippen LogP contribution in [0.25, 0.3) is 22.4 Å². The molecule has 0 fully saturated rings. The molecular formula is C15H14N2O4. The average molecular weight is 286 g/mol. The lowest BCUT2D eigenvalue weighted by Gasteiger charge is -2.08. The van der Waals surface area contributed by atoms with E-state index in [9.17, 15) is 0 Å². The SMILES string of the molecule is COc1ccc2c(OC)nc(-c3ncc(OC)o3)cc2c1. The summed E-state index contributed by atoms with van der Waals surface area (Å²) in [5.74, 6) is 1.96. The fourth-order valence-corrected chi connectivity index (χ4v) is 2.07. The Hall–Kier alpha value is -2.76. The normalized spacial score (nSPS) is 10.6. The van der Waals surface area contributed by atoms with Crippen LogP contribution in [0.2, 0.25) is 0 Å². The Kier molecular flexibility index (Phi) is 3.35. The fraction of sp³-hybridized carbons (Fsp3) is 0.200. The molecule has 0 N–H and O–H groups in total. The zero-order chi connectivity index (χ0) is 14.8. The number of benzene rings is 1. The summed E-state index contributed by atoms with van der Waals surface area (Å²) in [4.78, 5) is 8.56. The van der Waals surface area contributed by atoms with Gasteiger partial charge in [0.1, 0.15) is 17.6 Å². The summed E-state index contributed by atoms with van der Waals surface area (Å²) in [5, 5.41) is 1.81. The van der Waals surface area contributed by atoms with Crippen LogP contribution in [-0.4, -0.2) is 31.3 Å². The standard InChI is InChI=1S/C15H14N2O4/c1-18-10-4-5-11-9(6-10)7-12(17-14(11)20-3)15-16-8-13(19-2)21-15/h4-8H,1-3H3. The number of hydrogen-bond donors (Lipinski definition) is 0. The molecule has 0 spiro atoms. The van der Waals surface area contributed by atoms with Crippen molar-refractivity contribution in [3.05, 3.63) is 30.5 Å². The Bertz CT molecular complexity index is 782. The van der Waals surface area contributed by atoms with Gasteiger partial charge in [-0.2, -0.15) is 0 Å². The first-order valence-electron chi connectivity index (χ1n) is 6.28. The van der Waals surface area contributed by atoms with Gasteiger partial charge in [0.2, 0.25) is 11.8 Å². The minimum Gasteiger partial charge on any atom is -0.497 e. The molecule has 0 aliphatic carbocycles. The fourth-order valence-electron chi connectivity index (χ4n) is 2.07. The second-order valence-electron chi connectivity index (χ2n) is 4.29. The van der Waals surface area contributed by atoms with Crippen molar-refractivity contribution in [1.82, 2.24) is 9.97 Å². The maximum Gasteiger partial charge on any atom is 0.305 e. The maximum absolute atomic E-state index is 5.44. The molecule has 0 aliphatic rings. The maximum atomic E-state index is 5.44. The molecule has 0 amide bonds. The summed E-state index contributed by atoms with van der Waals surface area (Å²) in [5.41, 5.74) is 0.566. The number of fused-ring (bicyclic) bond motifs is 1. The monoisotopic (exact) mass is 286 g/mol. The van der Waals surface area contributed by atoms with E-state index in [2.05, 4.69) is 9.97 Å². The van der Waals surface area contributed by atoms with Gasteiger partial charge in [-0.15, -0.1) is 0 Å². The lowest BCUT2D eigenvalue weighted by atomic mass is 10.1. The van der Waals surface area contributed by atoms with E-state index in [0.717, 1.165) is 16.5 Å². The van der Waals surface area contributed by atoms with Gasteiger partial charge < -0.3 is 18.6 Å². The van der Waals surface area contributed by atoms with E-state index in [4.69, 9.17) is 18.6 Å². The number of aromatic nitrogens is 2. The van der Waals surface area contributed by atoms with Gasteiger partial charge in [-0.25, -0.2) is 9.97 Å². The number of rotatable bonds is 4. The minimum atomic E-state index is 0.330. The van der Waals surface area contributed by atoms with Gasteiger partial charge in [0.25, 0.3) is 0 Å². The van der Waals surface area contributed by atoms with Crippen molar-refractivity contribution in [3.63, 3.8) is 0 Å². The Morgan fingerprint density at radius 1 is 1.00 bits per heavy atom. The van der Waals surface area contributed by atoms with Gasteiger partial charge in [-0.1, -0.05) is 0 Å². The number of hydrogen-bond acceptors (Lipinski definition) is 6. The minimum absolute atomic E-state index is 0.330. The molecule has 21 heavy (non-hydrogen) atoms. The Morgan fingerprint density at radius 2 is 1.86 bits per heavy atom. The summed E-state index contributed by atoms with van der Waals surface area (Å²) >= 11 is 0. The van der Waals surface area contributed by atoms with Crippen molar-refractivity contribution in [2.75, 3.05) is 21.3 Å². The van der Waals surface area contributed by atoms with E-state index in [-0.39, 0.29) is 0 Å². The molecule has 6 heteroatoms.